The van der Waals surface area contributed by atoms with Gasteiger partial charge in [0.05, 0.1) is 16.3 Å². The van der Waals surface area contributed by atoms with Gasteiger partial charge in [-0.15, -0.1) is 11.3 Å². The van der Waals surface area contributed by atoms with Crippen LogP contribution in [0.25, 0.3) is 11.3 Å². The fourth-order valence-electron chi connectivity index (χ4n) is 4.00. The Morgan fingerprint density at radius 3 is 2.72 bits per heavy atom. The van der Waals surface area contributed by atoms with Gasteiger partial charge in [0, 0.05) is 23.2 Å². The van der Waals surface area contributed by atoms with Crippen LogP contribution in [0.1, 0.15) is 67.2 Å². The molecule has 0 spiro atoms. The highest BCUT2D eigenvalue weighted by Gasteiger charge is 2.26. The molecule has 1 aliphatic rings. The average Bonchev–Trinajstić information content (AvgIpc) is 3.55. The van der Waals surface area contributed by atoms with Gasteiger partial charge < -0.3 is 15.7 Å². The summed E-state index contributed by atoms with van der Waals surface area (Å²) in [5.41, 5.74) is 2.40. The van der Waals surface area contributed by atoms with Crippen LogP contribution < -0.4 is 10.6 Å². The maximum absolute atomic E-state index is 12.9. The lowest BCUT2D eigenvalue weighted by molar-refractivity contribution is 0.103. The smallest absolute Gasteiger partial charge is 0.342 e. The average molecular weight is 453 g/mol. The first-order valence-corrected chi connectivity index (χ1v) is 11.9. The first-order chi connectivity index (χ1) is 15.5. The second-order valence-electron chi connectivity index (χ2n) is 8.27. The zero-order valence-electron chi connectivity index (χ0n) is 18.3. The number of nitrogens with one attached hydrogen (secondary N) is 2. The van der Waals surface area contributed by atoms with E-state index in [2.05, 4.69) is 15.7 Å². The van der Waals surface area contributed by atoms with Crippen molar-refractivity contribution in [3.8, 4) is 17.0 Å². The van der Waals surface area contributed by atoms with Crippen molar-refractivity contribution in [3.05, 3.63) is 52.3 Å². The number of nitrogens with zero attached hydrogens (tertiary/aromatic N) is 2. The molecule has 1 atom stereocenters. The van der Waals surface area contributed by atoms with Crippen molar-refractivity contribution in [2.24, 2.45) is 0 Å². The van der Waals surface area contributed by atoms with E-state index in [-0.39, 0.29) is 29.6 Å². The van der Waals surface area contributed by atoms with Crippen LogP contribution in [0.5, 0.6) is 5.75 Å². The van der Waals surface area contributed by atoms with E-state index in [9.17, 15) is 14.7 Å². The Balaban J connectivity index is 1.67. The summed E-state index contributed by atoms with van der Waals surface area (Å²) >= 11 is 1.36. The highest BCUT2D eigenvalue weighted by molar-refractivity contribution is 7.12. The maximum atomic E-state index is 12.9. The monoisotopic (exact) mass is 452 g/mol. The number of hydrogen-bond acceptors (Lipinski definition) is 5. The van der Waals surface area contributed by atoms with Crippen molar-refractivity contribution < 1.29 is 14.7 Å². The Labute approximate surface area is 191 Å². The molecule has 32 heavy (non-hydrogen) atoms. The predicted octanol–water partition coefficient (Wildman–Crippen LogP) is 5.58. The molecule has 8 heteroatoms. The molecule has 1 fully saturated rings. The molecular weight excluding hydrogens is 424 g/mol. The lowest BCUT2D eigenvalue weighted by Gasteiger charge is -2.15. The quantitative estimate of drug-likeness (QED) is 0.425. The highest BCUT2D eigenvalue weighted by atomic mass is 32.1. The number of benzene rings is 1. The van der Waals surface area contributed by atoms with Crippen molar-refractivity contribution in [1.29, 1.82) is 0 Å². The molecule has 2 aromatic heterocycles. The Bertz CT molecular complexity index is 1100. The summed E-state index contributed by atoms with van der Waals surface area (Å²) in [5.74, 6) is 0.105. The normalized spacial score (nSPS) is 14.9. The minimum atomic E-state index is -0.255. The van der Waals surface area contributed by atoms with Crippen molar-refractivity contribution in [3.63, 3.8) is 0 Å². The third-order valence-electron chi connectivity index (χ3n) is 5.96. The van der Waals surface area contributed by atoms with Gasteiger partial charge in [-0.3, -0.25) is 4.79 Å². The molecule has 7 nitrogen and oxygen atoms in total. The number of hydrogen-bond donors (Lipinski definition) is 3. The van der Waals surface area contributed by atoms with Crippen LogP contribution in [0.15, 0.2) is 41.8 Å². The van der Waals surface area contributed by atoms with Crippen molar-refractivity contribution >= 4 is 29.0 Å². The lowest BCUT2D eigenvalue weighted by atomic mass is 10.0. The summed E-state index contributed by atoms with van der Waals surface area (Å²) in [5, 5.41) is 22.8. The summed E-state index contributed by atoms with van der Waals surface area (Å²) in [4.78, 5) is 26.0. The predicted molar refractivity (Wildman–Crippen MR) is 126 cm³/mol. The first-order valence-electron chi connectivity index (χ1n) is 11.0. The molecule has 1 aromatic carbocycles. The van der Waals surface area contributed by atoms with E-state index < -0.39 is 0 Å². The largest absolute Gasteiger partial charge is 0.507 e. The number of aromatic hydroxyl groups is 1. The molecule has 168 valence electrons. The van der Waals surface area contributed by atoms with Gasteiger partial charge >= 0.3 is 6.03 Å². The van der Waals surface area contributed by atoms with E-state index in [0.717, 1.165) is 37.8 Å². The molecule has 0 saturated heterocycles. The van der Waals surface area contributed by atoms with Gasteiger partial charge in [-0.1, -0.05) is 25.8 Å². The molecule has 0 aliphatic heterocycles. The van der Waals surface area contributed by atoms with E-state index in [1.165, 1.54) is 22.1 Å². The number of amides is 2. The zero-order valence-corrected chi connectivity index (χ0v) is 19.1. The molecule has 1 saturated carbocycles. The van der Waals surface area contributed by atoms with E-state index in [1.807, 2.05) is 31.4 Å². The third-order valence-corrected chi connectivity index (χ3v) is 6.83. The SMILES string of the molecule is CCC(C)NC(=O)n1nc(-c2cc(NC(=O)c3cccs3)ccc2O)cc1C1CCCC1. The Morgan fingerprint density at radius 2 is 2.03 bits per heavy atom. The van der Waals surface area contributed by atoms with Crippen LogP contribution >= 0.6 is 11.3 Å². The summed E-state index contributed by atoms with van der Waals surface area (Å²) in [6.07, 6.45) is 5.13. The molecule has 0 radical (unpaired) electrons. The van der Waals surface area contributed by atoms with Crippen LogP contribution in [-0.4, -0.2) is 32.9 Å². The van der Waals surface area contributed by atoms with Gasteiger partial charge in [0.25, 0.3) is 5.91 Å². The van der Waals surface area contributed by atoms with Gasteiger partial charge in [-0.05, 0) is 61.9 Å². The lowest BCUT2D eigenvalue weighted by Crippen LogP contribution is -2.37. The maximum Gasteiger partial charge on any atom is 0.342 e. The number of anilines is 1. The highest BCUT2D eigenvalue weighted by Crippen LogP contribution is 2.38. The Morgan fingerprint density at radius 1 is 1.25 bits per heavy atom. The topological polar surface area (TPSA) is 96.3 Å². The number of rotatable bonds is 6. The van der Waals surface area contributed by atoms with Crippen LogP contribution in [0.4, 0.5) is 10.5 Å². The summed E-state index contributed by atoms with van der Waals surface area (Å²) in [7, 11) is 0. The second kappa shape index (κ2) is 9.56. The van der Waals surface area contributed by atoms with Gasteiger partial charge in [-0.2, -0.15) is 9.78 Å². The van der Waals surface area contributed by atoms with Crippen LogP contribution in [0, 0.1) is 0 Å². The molecule has 3 aromatic rings. The summed E-state index contributed by atoms with van der Waals surface area (Å²) in [6, 6.07) is 10.1. The summed E-state index contributed by atoms with van der Waals surface area (Å²) in [6.45, 7) is 3.98. The third kappa shape index (κ3) is 4.70. The number of aromatic nitrogens is 2. The number of carbonyl (C=O) groups is 2. The minimum absolute atomic E-state index is 0.0378. The van der Waals surface area contributed by atoms with Crippen molar-refractivity contribution in [2.75, 3.05) is 5.32 Å². The molecular formula is C24H28N4O3S. The Kier molecular flexibility index (Phi) is 6.60. The molecule has 1 unspecified atom stereocenters. The van der Waals surface area contributed by atoms with E-state index >= 15 is 0 Å². The standard InChI is InChI=1S/C24H28N4O3S/c1-3-15(2)25-24(31)28-20(16-7-4-5-8-16)14-19(27-28)18-13-17(10-11-21(18)29)26-23(30)22-9-6-12-32-22/h6,9-16,29H,3-5,7-8H2,1-2H3,(H,25,31)(H,26,30). The van der Waals surface area contributed by atoms with Crippen LogP contribution in [0.2, 0.25) is 0 Å². The molecule has 2 amide bonds. The number of carbonyl (C=O) groups excluding carboxylic acids is 2. The molecule has 0 bridgehead atoms. The van der Waals surface area contributed by atoms with Gasteiger partial charge in [0.2, 0.25) is 0 Å². The summed E-state index contributed by atoms with van der Waals surface area (Å²) < 4.78 is 1.45. The fourth-order valence-corrected chi connectivity index (χ4v) is 4.61. The van der Waals surface area contributed by atoms with Crippen LogP contribution in [0.3, 0.4) is 0 Å². The van der Waals surface area contributed by atoms with Gasteiger partial charge in [0.1, 0.15) is 5.75 Å². The first kappa shape index (κ1) is 22.1. The second-order valence-corrected chi connectivity index (χ2v) is 9.22. The van der Waals surface area contributed by atoms with Crippen molar-refractivity contribution in [2.45, 2.75) is 57.9 Å². The molecule has 1 aliphatic carbocycles. The minimum Gasteiger partial charge on any atom is -0.507 e. The van der Waals surface area contributed by atoms with E-state index in [1.54, 1.807) is 18.2 Å². The molecule has 2 heterocycles. The van der Waals surface area contributed by atoms with Gasteiger partial charge in [0.15, 0.2) is 0 Å². The molecule has 3 N–H and O–H groups in total. The number of thiophene rings is 1. The zero-order chi connectivity index (χ0) is 22.7. The van der Waals surface area contributed by atoms with Crippen LogP contribution in [-0.2, 0) is 0 Å². The number of phenolic OH excluding ortho intramolecular Hbond substituents is 1. The van der Waals surface area contributed by atoms with E-state index in [4.69, 9.17) is 0 Å². The number of phenols is 1. The van der Waals surface area contributed by atoms with Crippen molar-refractivity contribution in [1.82, 2.24) is 15.1 Å². The van der Waals surface area contributed by atoms with E-state index in [0.29, 0.717) is 21.8 Å². The Hall–Kier alpha value is -3.13. The fraction of sp³-hybridized carbons (Fsp3) is 0.375. The van der Waals surface area contributed by atoms with Gasteiger partial charge in [-0.25, -0.2) is 4.79 Å². The molecule has 4 rings (SSSR count).